The highest BCUT2D eigenvalue weighted by molar-refractivity contribution is 6.05. The lowest BCUT2D eigenvalue weighted by Crippen LogP contribution is -2.10. The number of anilines is 1. The Morgan fingerprint density at radius 2 is 2.17 bits per heavy atom. The van der Waals surface area contributed by atoms with Crippen LogP contribution >= 0.6 is 0 Å². The van der Waals surface area contributed by atoms with Gasteiger partial charge in [0.1, 0.15) is 0 Å². The minimum Gasteiger partial charge on any atom is -0.493 e. The van der Waals surface area contributed by atoms with Gasteiger partial charge in [-0.15, -0.1) is 0 Å². The number of aromatic nitrogens is 2. The van der Waals surface area contributed by atoms with Crippen LogP contribution in [0.2, 0.25) is 0 Å². The minimum atomic E-state index is -0.313. The zero-order valence-corrected chi connectivity index (χ0v) is 12.3. The average molecular weight is 307 g/mol. The summed E-state index contributed by atoms with van der Waals surface area (Å²) < 4.78 is 12.6. The molecule has 23 heavy (non-hydrogen) atoms. The van der Waals surface area contributed by atoms with Gasteiger partial charge in [-0.05, 0) is 30.3 Å². The highest BCUT2D eigenvalue weighted by Gasteiger charge is 2.15. The Balaban J connectivity index is 1.65. The molecule has 1 N–H and O–H groups in total. The molecule has 6 nitrogen and oxygen atoms in total. The second kappa shape index (κ2) is 5.17. The average Bonchev–Trinajstić information content (AvgIpc) is 3.20. The molecule has 0 atom stereocenters. The standard InChI is InChI=1S/C17H13N3O3/c1-22-14-4-2-3-11-9-15(23-16(11)14)17(21)19-12-6-8-20-13(10-12)5-7-18-20/h2-10H,1H3,(H,19,21). The fourth-order valence-electron chi connectivity index (χ4n) is 2.50. The number of amides is 1. The first-order chi connectivity index (χ1) is 11.2. The van der Waals surface area contributed by atoms with Gasteiger partial charge in [-0.1, -0.05) is 12.1 Å². The van der Waals surface area contributed by atoms with Gasteiger partial charge in [0, 0.05) is 23.5 Å². The number of rotatable bonds is 3. The predicted molar refractivity (Wildman–Crippen MR) is 85.9 cm³/mol. The molecule has 0 saturated carbocycles. The van der Waals surface area contributed by atoms with Crippen LogP contribution in [0.3, 0.4) is 0 Å². The number of hydrogen-bond donors (Lipinski definition) is 1. The lowest BCUT2D eigenvalue weighted by Gasteiger charge is -2.03. The van der Waals surface area contributed by atoms with Gasteiger partial charge < -0.3 is 14.5 Å². The van der Waals surface area contributed by atoms with Crippen LogP contribution in [0.15, 0.2) is 59.3 Å². The third-order valence-corrected chi connectivity index (χ3v) is 3.61. The zero-order chi connectivity index (χ0) is 15.8. The van der Waals surface area contributed by atoms with Crippen LogP contribution in [0.5, 0.6) is 5.75 Å². The molecular formula is C17H13N3O3. The van der Waals surface area contributed by atoms with E-state index in [-0.39, 0.29) is 11.7 Å². The summed E-state index contributed by atoms with van der Waals surface area (Å²) in [5.74, 6) is 0.521. The molecule has 4 rings (SSSR count). The Bertz CT molecular complexity index is 1020. The minimum absolute atomic E-state index is 0.234. The maximum Gasteiger partial charge on any atom is 0.291 e. The van der Waals surface area contributed by atoms with Crippen molar-refractivity contribution in [2.24, 2.45) is 0 Å². The van der Waals surface area contributed by atoms with E-state index < -0.39 is 0 Å². The molecule has 0 radical (unpaired) electrons. The van der Waals surface area contributed by atoms with Crippen molar-refractivity contribution in [3.63, 3.8) is 0 Å². The summed E-state index contributed by atoms with van der Waals surface area (Å²) in [7, 11) is 1.57. The summed E-state index contributed by atoms with van der Waals surface area (Å²) in [5, 5.41) is 7.76. The summed E-state index contributed by atoms with van der Waals surface area (Å²) in [6.45, 7) is 0. The predicted octanol–water partition coefficient (Wildman–Crippen LogP) is 3.34. The van der Waals surface area contributed by atoms with Crippen molar-refractivity contribution in [2.45, 2.75) is 0 Å². The lowest BCUT2D eigenvalue weighted by atomic mass is 10.2. The molecule has 0 fully saturated rings. The summed E-state index contributed by atoms with van der Waals surface area (Å²) >= 11 is 0. The van der Waals surface area contributed by atoms with Crippen LogP contribution < -0.4 is 10.1 Å². The first-order valence-corrected chi connectivity index (χ1v) is 7.06. The van der Waals surface area contributed by atoms with Crippen molar-refractivity contribution < 1.29 is 13.9 Å². The molecular weight excluding hydrogens is 294 g/mol. The third kappa shape index (κ3) is 2.30. The summed E-state index contributed by atoms with van der Waals surface area (Å²) in [4.78, 5) is 12.4. The Morgan fingerprint density at radius 1 is 1.26 bits per heavy atom. The van der Waals surface area contributed by atoms with Crippen LogP contribution in [0.1, 0.15) is 10.6 Å². The maximum atomic E-state index is 12.4. The largest absolute Gasteiger partial charge is 0.493 e. The second-order valence-electron chi connectivity index (χ2n) is 5.06. The molecule has 4 aromatic rings. The topological polar surface area (TPSA) is 68.8 Å². The Morgan fingerprint density at radius 3 is 3.04 bits per heavy atom. The number of pyridine rings is 1. The molecule has 114 valence electrons. The molecule has 6 heteroatoms. The summed E-state index contributed by atoms with van der Waals surface area (Å²) in [6, 6.07) is 12.7. The van der Waals surface area contributed by atoms with E-state index in [4.69, 9.17) is 9.15 Å². The van der Waals surface area contributed by atoms with Gasteiger partial charge in [0.2, 0.25) is 0 Å². The third-order valence-electron chi connectivity index (χ3n) is 3.61. The highest BCUT2D eigenvalue weighted by Crippen LogP contribution is 2.28. The van der Waals surface area contributed by atoms with Crippen molar-refractivity contribution in [3.05, 3.63) is 60.6 Å². The maximum absolute atomic E-state index is 12.4. The number of ether oxygens (including phenoxy) is 1. The normalized spacial score (nSPS) is 11.0. The fourth-order valence-corrected chi connectivity index (χ4v) is 2.50. The Labute approximate surface area is 131 Å². The molecule has 0 saturated heterocycles. The summed E-state index contributed by atoms with van der Waals surface area (Å²) in [6.07, 6.45) is 3.49. The first kappa shape index (κ1) is 13.4. The monoisotopic (exact) mass is 307 g/mol. The number of fused-ring (bicyclic) bond motifs is 2. The highest BCUT2D eigenvalue weighted by atomic mass is 16.5. The molecule has 3 heterocycles. The number of nitrogens with zero attached hydrogens (tertiary/aromatic N) is 2. The van der Waals surface area contributed by atoms with E-state index in [1.807, 2.05) is 24.3 Å². The van der Waals surface area contributed by atoms with Crippen molar-refractivity contribution >= 4 is 28.1 Å². The van der Waals surface area contributed by atoms with E-state index in [0.29, 0.717) is 17.0 Å². The van der Waals surface area contributed by atoms with Crippen LogP contribution in [0.4, 0.5) is 5.69 Å². The number of hydrogen-bond acceptors (Lipinski definition) is 4. The van der Waals surface area contributed by atoms with Gasteiger partial charge >= 0.3 is 0 Å². The van der Waals surface area contributed by atoms with Crippen LogP contribution in [0, 0.1) is 0 Å². The lowest BCUT2D eigenvalue weighted by molar-refractivity contribution is 0.0998. The van der Waals surface area contributed by atoms with Gasteiger partial charge in [0.05, 0.1) is 12.6 Å². The first-order valence-electron chi connectivity index (χ1n) is 7.06. The number of furan rings is 1. The van der Waals surface area contributed by atoms with E-state index in [9.17, 15) is 4.79 Å². The summed E-state index contributed by atoms with van der Waals surface area (Å²) in [5.41, 5.74) is 2.14. The number of para-hydroxylation sites is 1. The number of methoxy groups -OCH3 is 1. The van der Waals surface area contributed by atoms with Gasteiger partial charge in [-0.3, -0.25) is 4.79 Å². The van der Waals surface area contributed by atoms with Crippen LogP contribution in [-0.2, 0) is 0 Å². The Hall–Kier alpha value is -3.28. The zero-order valence-electron chi connectivity index (χ0n) is 12.3. The molecule has 1 aromatic carbocycles. The molecule has 0 aliphatic rings. The molecule has 0 aliphatic carbocycles. The number of carbonyl (C=O) groups excluding carboxylic acids is 1. The van der Waals surface area contributed by atoms with E-state index in [0.717, 1.165) is 10.9 Å². The van der Waals surface area contributed by atoms with Crippen molar-refractivity contribution in [1.29, 1.82) is 0 Å². The molecule has 3 aromatic heterocycles. The molecule has 0 bridgehead atoms. The van der Waals surface area contributed by atoms with Gasteiger partial charge in [-0.25, -0.2) is 4.52 Å². The second-order valence-corrected chi connectivity index (χ2v) is 5.06. The number of nitrogens with one attached hydrogen (secondary N) is 1. The van der Waals surface area contributed by atoms with E-state index >= 15 is 0 Å². The van der Waals surface area contributed by atoms with Crippen LogP contribution in [-0.4, -0.2) is 22.6 Å². The molecule has 1 amide bonds. The number of carbonyl (C=O) groups is 1. The smallest absolute Gasteiger partial charge is 0.291 e. The van der Waals surface area contributed by atoms with Crippen molar-refractivity contribution in [3.8, 4) is 5.75 Å². The van der Waals surface area contributed by atoms with E-state index in [2.05, 4.69) is 10.4 Å². The fraction of sp³-hybridized carbons (Fsp3) is 0.0588. The van der Waals surface area contributed by atoms with Gasteiger partial charge in [0.15, 0.2) is 17.1 Å². The molecule has 0 aliphatic heterocycles. The van der Waals surface area contributed by atoms with Gasteiger partial charge in [0.25, 0.3) is 5.91 Å². The quantitative estimate of drug-likeness (QED) is 0.630. The molecule has 0 unspecified atom stereocenters. The van der Waals surface area contributed by atoms with E-state index in [1.165, 1.54) is 0 Å². The molecule has 0 spiro atoms. The van der Waals surface area contributed by atoms with Gasteiger partial charge in [-0.2, -0.15) is 5.10 Å². The van der Waals surface area contributed by atoms with Crippen LogP contribution in [0.25, 0.3) is 16.5 Å². The van der Waals surface area contributed by atoms with E-state index in [1.54, 1.807) is 42.2 Å². The van der Waals surface area contributed by atoms with Crippen molar-refractivity contribution in [1.82, 2.24) is 9.61 Å². The Kier molecular flexibility index (Phi) is 3.01. The SMILES string of the molecule is COc1cccc2cc(C(=O)Nc3ccn4nccc4c3)oc12. The van der Waals surface area contributed by atoms with Crippen molar-refractivity contribution in [2.75, 3.05) is 12.4 Å². The number of benzene rings is 1.